The quantitative estimate of drug-likeness (QED) is 0.503. The summed E-state index contributed by atoms with van der Waals surface area (Å²) in [6.07, 6.45) is 3.76. The SMILES string of the molecule is Cn1c(C(=O)N[C@H]2CCCC[C@H]2C(=O)NC(C#N)Cc2ccc(N3CCOCC3)cc2)cc2ccccc21. The molecule has 1 aromatic heterocycles. The van der Waals surface area contributed by atoms with Gasteiger partial charge in [-0.05, 0) is 42.7 Å². The first kappa shape index (κ1) is 25.8. The van der Waals surface area contributed by atoms with Crippen LogP contribution < -0.4 is 15.5 Å². The maximum atomic E-state index is 13.3. The van der Waals surface area contributed by atoms with E-state index in [-0.39, 0.29) is 23.8 Å². The molecule has 2 amide bonds. The third kappa shape index (κ3) is 5.68. The monoisotopic (exact) mass is 513 g/mol. The molecule has 3 atom stereocenters. The van der Waals surface area contributed by atoms with Gasteiger partial charge in [0.2, 0.25) is 5.91 Å². The van der Waals surface area contributed by atoms with Crippen molar-refractivity contribution in [3.63, 3.8) is 0 Å². The van der Waals surface area contributed by atoms with Crippen LogP contribution in [0, 0.1) is 17.2 Å². The van der Waals surface area contributed by atoms with Crippen LogP contribution in [-0.2, 0) is 23.0 Å². The van der Waals surface area contributed by atoms with Gasteiger partial charge in [0, 0.05) is 49.2 Å². The van der Waals surface area contributed by atoms with E-state index in [1.165, 1.54) is 0 Å². The largest absolute Gasteiger partial charge is 0.378 e. The number of ether oxygens (including phenoxy) is 1. The molecule has 2 aromatic carbocycles. The Kier molecular flexibility index (Phi) is 7.94. The summed E-state index contributed by atoms with van der Waals surface area (Å²) in [5.41, 5.74) is 3.71. The van der Waals surface area contributed by atoms with Gasteiger partial charge in [0.15, 0.2) is 0 Å². The minimum Gasteiger partial charge on any atom is -0.378 e. The Bertz CT molecular complexity index is 1320. The van der Waals surface area contributed by atoms with Crippen LogP contribution in [0.1, 0.15) is 41.7 Å². The van der Waals surface area contributed by atoms with Crippen LogP contribution >= 0.6 is 0 Å². The first-order valence-electron chi connectivity index (χ1n) is 13.5. The number of nitriles is 1. The van der Waals surface area contributed by atoms with Crippen LogP contribution in [0.15, 0.2) is 54.6 Å². The summed E-state index contributed by atoms with van der Waals surface area (Å²) < 4.78 is 7.31. The van der Waals surface area contributed by atoms with E-state index in [2.05, 4.69) is 33.7 Å². The van der Waals surface area contributed by atoms with Gasteiger partial charge < -0.3 is 24.8 Å². The van der Waals surface area contributed by atoms with E-state index in [1.54, 1.807) is 0 Å². The maximum absolute atomic E-state index is 13.3. The molecule has 1 saturated heterocycles. The summed E-state index contributed by atoms with van der Waals surface area (Å²) in [5, 5.41) is 16.9. The number of morpholine rings is 1. The molecule has 1 aliphatic carbocycles. The molecule has 8 heteroatoms. The van der Waals surface area contributed by atoms with E-state index in [1.807, 2.05) is 54.1 Å². The molecular weight excluding hydrogens is 478 g/mol. The van der Waals surface area contributed by atoms with Gasteiger partial charge in [-0.25, -0.2) is 0 Å². The number of para-hydroxylation sites is 1. The number of nitrogens with zero attached hydrogens (tertiary/aromatic N) is 3. The third-order valence-corrected chi connectivity index (χ3v) is 7.83. The van der Waals surface area contributed by atoms with E-state index in [0.717, 1.165) is 67.7 Å². The van der Waals surface area contributed by atoms with Crippen molar-refractivity contribution in [2.75, 3.05) is 31.2 Å². The Balaban J connectivity index is 1.21. The van der Waals surface area contributed by atoms with Crippen LogP contribution in [0.5, 0.6) is 0 Å². The zero-order chi connectivity index (χ0) is 26.5. The van der Waals surface area contributed by atoms with Crippen molar-refractivity contribution >= 4 is 28.4 Å². The lowest BCUT2D eigenvalue weighted by Crippen LogP contribution is -2.50. The number of nitrogens with one attached hydrogen (secondary N) is 2. The third-order valence-electron chi connectivity index (χ3n) is 7.83. The predicted octanol–water partition coefficient (Wildman–Crippen LogP) is 3.55. The van der Waals surface area contributed by atoms with Crippen molar-refractivity contribution in [1.29, 1.82) is 5.26 Å². The van der Waals surface area contributed by atoms with Crippen LogP contribution in [0.4, 0.5) is 5.69 Å². The van der Waals surface area contributed by atoms with E-state index in [0.29, 0.717) is 18.5 Å². The number of anilines is 1. The van der Waals surface area contributed by atoms with E-state index < -0.39 is 6.04 Å². The molecule has 0 radical (unpaired) electrons. The van der Waals surface area contributed by atoms with Crippen molar-refractivity contribution in [2.24, 2.45) is 13.0 Å². The van der Waals surface area contributed by atoms with E-state index in [9.17, 15) is 14.9 Å². The van der Waals surface area contributed by atoms with Crippen molar-refractivity contribution in [1.82, 2.24) is 15.2 Å². The minimum absolute atomic E-state index is 0.163. The number of fused-ring (bicyclic) bond motifs is 1. The lowest BCUT2D eigenvalue weighted by atomic mass is 9.83. The van der Waals surface area contributed by atoms with Crippen molar-refractivity contribution in [2.45, 2.75) is 44.2 Å². The van der Waals surface area contributed by atoms with Crippen LogP contribution in [-0.4, -0.2) is 54.8 Å². The molecule has 1 saturated carbocycles. The normalized spacial score (nSPS) is 20.5. The summed E-state index contributed by atoms with van der Waals surface area (Å²) in [4.78, 5) is 28.8. The number of amides is 2. The number of carbonyl (C=O) groups is 2. The van der Waals surface area contributed by atoms with E-state index in [4.69, 9.17) is 4.74 Å². The molecule has 198 valence electrons. The summed E-state index contributed by atoms with van der Waals surface area (Å²) >= 11 is 0. The zero-order valence-electron chi connectivity index (χ0n) is 21.9. The van der Waals surface area contributed by atoms with E-state index >= 15 is 0 Å². The number of aromatic nitrogens is 1. The summed E-state index contributed by atoms with van der Waals surface area (Å²) in [6, 6.07) is 19.3. The zero-order valence-corrected chi connectivity index (χ0v) is 21.9. The number of carbonyl (C=O) groups excluding carboxylic acids is 2. The molecule has 1 unspecified atom stereocenters. The van der Waals surface area contributed by atoms with Gasteiger partial charge in [0.25, 0.3) is 5.91 Å². The fourth-order valence-corrected chi connectivity index (χ4v) is 5.67. The molecule has 5 rings (SSSR count). The van der Waals surface area contributed by atoms with Crippen LogP contribution in [0.2, 0.25) is 0 Å². The average molecular weight is 514 g/mol. The van der Waals surface area contributed by atoms with Crippen molar-refractivity contribution in [3.05, 3.63) is 65.9 Å². The van der Waals surface area contributed by atoms with Gasteiger partial charge in [0.1, 0.15) is 11.7 Å². The molecule has 0 spiro atoms. The molecule has 2 N–H and O–H groups in total. The minimum atomic E-state index is -0.631. The molecule has 2 heterocycles. The Morgan fingerprint density at radius 1 is 1.08 bits per heavy atom. The Morgan fingerprint density at radius 2 is 1.82 bits per heavy atom. The van der Waals surface area contributed by atoms with Crippen molar-refractivity contribution in [3.8, 4) is 6.07 Å². The highest BCUT2D eigenvalue weighted by Gasteiger charge is 2.33. The standard InChI is InChI=1S/C30H35N5O3/c1-34-27-9-5-2-6-22(27)19-28(34)30(37)33-26-8-4-3-7-25(26)29(36)32-23(20-31)18-21-10-12-24(13-11-21)35-14-16-38-17-15-35/h2,5-6,9-13,19,23,25-26H,3-4,7-8,14-18H2,1H3,(H,32,36)(H,33,37)/t23?,25-,26+/m1/s1. The second-order valence-electron chi connectivity index (χ2n) is 10.3. The smallest absolute Gasteiger partial charge is 0.268 e. The van der Waals surface area contributed by atoms with Gasteiger partial charge in [-0.15, -0.1) is 0 Å². The predicted molar refractivity (Wildman–Crippen MR) is 147 cm³/mol. The molecule has 3 aromatic rings. The number of benzene rings is 2. The summed E-state index contributed by atoms with van der Waals surface area (Å²) in [5.74, 6) is -0.698. The van der Waals surface area contributed by atoms with Gasteiger partial charge in [-0.2, -0.15) is 5.26 Å². The highest BCUT2D eigenvalue weighted by atomic mass is 16.5. The number of hydrogen-bond acceptors (Lipinski definition) is 5. The highest BCUT2D eigenvalue weighted by Crippen LogP contribution is 2.26. The number of hydrogen-bond donors (Lipinski definition) is 2. The van der Waals surface area contributed by atoms with Gasteiger partial charge in [-0.3, -0.25) is 9.59 Å². The lowest BCUT2D eigenvalue weighted by Gasteiger charge is -2.32. The Hall–Kier alpha value is -3.83. The molecule has 38 heavy (non-hydrogen) atoms. The molecule has 2 fully saturated rings. The second-order valence-corrected chi connectivity index (χ2v) is 10.3. The maximum Gasteiger partial charge on any atom is 0.268 e. The first-order chi connectivity index (χ1) is 18.5. The van der Waals surface area contributed by atoms with Gasteiger partial charge in [-0.1, -0.05) is 43.2 Å². The molecular formula is C30H35N5O3. The fourth-order valence-electron chi connectivity index (χ4n) is 5.67. The van der Waals surface area contributed by atoms with Gasteiger partial charge in [0.05, 0.1) is 25.2 Å². The molecule has 2 aliphatic rings. The molecule has 0 bridgehead atoms. The average Bonchev–Trinajstić information content (AvgIpc) is 3.30. The van der Waals surface area contributed by atoms with Gasteiger partial charge >= 0.3 is 0 Å². The molecule has 1 aliphatic heterocycles. The molecule has 8 nitrogen and oxygen atoms in total. The Morgan fingerprint density at radius 3 is 2.55 bits per heavy atom. The Labute approximate surface area is 223 Å². The number of rotatable bonds is 7. The highest BCUT2D eigenvalue weighted by molar-refractivity contribution is 5.99. The van der Waals surface area contributed by atoms with Crippen molar-refractivity contribution < 1.29 is 14.3 Å². The first-order valence-corrected chi connectivity index (χ1v) is 13.5. The fraction of sp³-hybridized carbons (Fsp3) is 0.433. The second kappa shape index (κ2) is 11.7. The lowest BCUT2D eigenvalue weighted by molar-refractivity contribution is -0.127. The number of aryl methyl sites for hydroxylation is 1. The topological polar surface area (TPSA) is 99.4 Å². The summed E-state index contributed by atoms with van der Waals surface area (Å²) in [7, 11) is 1.88. The summed E-state index contributed by atoms with van der Waals surface area (Å²) in [6.45, 7) is 3.20. The van der Waals surface area contributed by atoms with Crippen LogP contribution in [0.3, 0.4) is 0 Å². The van der Waals surface area contributed by atoms with Crippen LogP contribution in [0.25, 0.3) is 10.9 Å².